The fourth-order valence-electron chi connectivity index (χ4n) is 2.14. The Hall–Kier alpha value is -3.49. The van der Waals surface area contributed by atoms with Gasteiger partial charge >= 0.3 is 0 Å². The first-order valence-electron chi connectivity index (χ1n) is 8.45. The molecule has 1 aromatic heterocycles. The fraction of sp³-hybridized carbons (Fsp3) is 0.278. The van der Waals surface area contributed by atoms with Crippen LogP contribution in [-0.2, 0) is 16.1 Å². The molecule has 142 valence electrons. The predicted octanol–water partition coefficient (Wildman–Crippen LogP) is 0.138. The van der Waals surface area contributed by atoms with Crippen molar-refractivity contribution in [1.29, 1.82) is 0 Å². The van der Waals surface area contributed by atoms with E-state index >= 15 is 0 Å². The van der Waals surface area contributed by atoms with Gasteiger partial charge in [0.15, 0.2) is 0 Å². The molecule has 0 aliphatic heterocycles. The third-order valence-electron chi connectivity index (χ3n) is 3.59. The first kappa shape index (κ1) is 19.8. The lowest BCUT2D eigenvalue weighted by Crippen LogP contribution is -2.37. The van der Waals surface area contributed by atoms with Crippen molar-refractivity contribution in [2.45, 2.75) is 19.9 Å². The summed E-state index contributed by atoms with van der Waals surface area (Å²) in [6.45, 7) is 2.08. The number of nitrogens with one attached hydrogen (secondary N) is 3. The lowest BCUT2D eigenvalue weighted by atomic mass is 10.2. The smallest absolute Gasteiger partial charge is 0.253 e. The molecule has 0 spiro atoms. The summed E-state index contributed by atoms with van der Waals surface area (Å²) in [5, 5.41) is 7.99. The summed E-state index contributed by atoms with van der Waals surface area (Å²) in [6.07, 6.45) is 3.02. The lowest BCUT2D eigenvalue weighted by Gasteiger charge is -2.09. The highest BCUT2D eigenvalue weighted by atomic mass is 16.2. The molecule has 2 rings (SSSR count). The number of hydrogen-bond donors (Lipinski definition) is 3. The highest BCUT2D eigenvalue weighted by Crippen LogP contribution is 2.09. The van der Waals surface area contributed by atoms with E-state index in [2.05, 4.69) is 20.9 Å². The van der Waals surface area contributed by atoms with Crippen LogP contribution in [0.3, 0.4) is 0 Å². The number of anilines is 1. The Morgan fingerprint density at radius 1 is 1.00 bits per heavy atom. The Morgan fingerprint density at radius 3 is 2.37 bits per heavy atom. The predicted molar refractivity (Wildman–Crippen MR) is 99.2 cm³/mol. The van der Waals surface area contributed by atoms with Crippen molar-refractivity contribution in [1.82, 2.24) is 20.2 Å². The average molecular weight is 371 g/mol. The van der Waals surface area contributed by atoms with Crippen molar-refractivity contribution < 1.29 is 14.4 Å². The van der Waals surface area contributed by atoms with Crippen LogP contribution in [0.25, 0.3) is 0 Å². The van der Waals surface area contributed by atoms with Gasteiger partial charge in [0.05, 0.1) is 6.33 Å². The zero-order valence-corrected chi connectivity index (χ0v) is 14.9. The van der Waals surface area contributed by atoms with Gasteiger partial charge in [-0.2, -0.15) is 0 Å². The molecule has 0 fully saturated rings. The summed E-state index contributed by atoms with van der Waals surface area (Å²) < 4.78 is 1.19. The van der Waals surface area contributed by atoms with Gasteiger partial charge in [0.25, 0.3) is 11.5 Å². The number of aromatic nitrogens is 2. The number of hydrogen-bond acceptors (Lipinski definition) is 5. The highest BCUT2D eigenvalue weighted by molar-refractivity contribution is 5.95. The van der Waals surface area contributed by atoms with E-state index in [9.17, 15) is 19.2 Å². The second-order valence-electron chi connectivity index (χ2n) is 5.63. The maximum atomic E-state index is 12.0. The van der Waals surface area contributed by atoms with E-state index in [1.54, 1.807) is 31.2 Å². The molecule has 1 heterocycles. The van der Waals surface area contributed by atoms with Gasteiger partial charge in [0, 0.05) is 43.0 Å². The quantitative estimate of drug-likeness (QED) is 0.570. The molecule has 27 heavy (non-hydrogen) atoms. The molecule has 0 saturated carbocycles. The Bertz CT molecular complexity index is 861. The maximum absolute atomic E-state index is 12.0. The molecule has 3 N–H and O–H groups in total. The molecular weight excluding hydrogens is 350 g/mol. The molecule has 0 atom stereocenters. The Labute approximate surface area is 155 Å². The number of carbonyl (C=O) groups is 3. The van der Waals surface area contributed by atoms with Crippen molar-refractivity contribution in [3.05, 3.63) is 58.8 Å². The van der Waals surface area contributed by atoms with Crippen LogP contribution < -0.4 is 21.5 Å². The number of carbonyl (C=O) groups excluding carboxylic acids is 3. The third kappa shape index (κ3) is 6.38. The van der Waals surface area contributed by atoms with E-state index in [0.29, 0.717) is 17.7 Å². The summed E-state index contributed by atoms with van der Waals surface area (Å²) in [7, 11) is 0. The first-order valence-corrected chi connectivity index (χ1v) is 8.45. The van der Waals surface area contributed by atoms with E-state index in [1.807, 2.05) is 0 Å². The molecule has 0 saturated heterocycles. The normalized spacial score (nSPS) is 10.1. The maximum Gasteiger partial charge on any atom is 0.253 e. The largest absolute Gasteiger partial charge is 0.353 e. The molecule has 9 heteroatoms. The summed E-state index contributed by atoms with van der Waals surface area (Å²) in [6, 6.07) is 7.78. The van der Waals surface area contributed by atoms with Crippen LogP contribution in [0.15, 0.2) is 47.7 Å². The second kappa shape index (κ2) is 9.85. The van der Waals surface area contributed by atoms with Gasteiger partial charge in [-0.3, -0.25) is 23.7 Å². The Balaban J connectivity index is 1.72. The van der Waals surface area contributed by atoms with Gasteiger partial charge in [0.2, 0.25) is 11.8 Å². The SMILES string of the molecule is CCC(=O)Nc1ccc(C(=O)NCCNC(=O)Cn2cnccc2=O)cc1. The summed E-state index contributed by atoms with van der Waals surface area (Å²) in [4.78, 5) is 50.4. The van der Waals surface area contributed by atoms with Gasteiger partial charge in [-0.1, -0.05) is 6.92 Å². The van der Waals surface area contributed by atoms with Gasteiger partial charge in [-0.15, -0.1) is 0 Å². The van der Waals surface area contributed by atoms with Crippen molar-refractivity contribution in [2.75, 3.05) is 18.4 Å². The highest BCUT2D eigenvalue weighted by Gasteiger charge is 2.07. The molecule has 0 radical (unpaired) electrons. The van der Waals surface area contributed by atoms with Gasteiger partial charge in [-0.25, -0.2) is 4.98 Å². The van der Waals surface area contributed by atoms with Crippen molar-refractivity contribution >= 4 is 23.4 Å². The minimum atomic E-state index is -0.352. The van der Waals surface area contributed by atoms with Crippen LogP contribution in [0.5, 0.6) is 0 Å². The van der Waals surface area contributed by atoms with Crippen LogP contribution in [0.2, 0.25) is 0 Å². The zero-order valence-electron chi connectivity index (χ0n) is 14.9. The molecule has 9 nitrogen and oxygen atoms in total. The Morgan fingerprint density at radius 2 is 1.70 bits per heavy atom. The topological polar surface area (TPSA) is 122 Å². The first-order chi connectivity index (χ1) is 13.0. The van der Waals surface area contributed by atoms with E-state index in [0.717, 1.165) is 0 Å². The molecule has 2 aromatic rings. The molecule has 1 aromatic carbocycles. The van der Waals surface area contributed by atoms with E-state index in [-0.39, 0.29) is 42.9 Å². The number of benzene rings is 1. The zero-order chi connectivity index (χ0) is 19.6. The van der Waals surface area contributed by atoms with Gasteiger partial charge < -0.3 is 16.0 Å². The van der Waals surface area contributed by atoms with Gasteiger partial charge in [-0.05, 0) is 24.3 Å². The van der Waals surface area contributed by atoms with Crippen LogP contribution in [0, 0.1) is 0 Å². The molecular formula is C18H21N5O4. The number of amides is 3. The van der Waals surface area contributed by atoms with Crippen LogP contribution in [-0.4, -0.2) is 40.4 Å². The average Bonchev–Trinajstić information content (AvgIpc) is 2.67. The second-order valence-corrected chi connectivity index (χ2v) is 5.63. The minimum Gasteiger partial charge on any atom is -0.353 e. The molecule has 0 bridgehead atoms. The van der Waals surface area contributed by atoms with E-state index in [1.165, 1.54) is 23.2 Å². The summed E-state index contributed by atoms with van der Waals surface area (Å²) in [5.74, 6) is -0.743. The summed E-state index contributed by atoms with van der Waals surface area (Å²) >= 11 is 0. The Kier molecular flexibility index (Phi) is 7.24. The standard InChI is InChI=1S/C18H21N5O4/c1-2-15(24)22-14-5-3-13(4-6-14)18(27)21-10-9-20-16(25)11-23-12-19-8-7-17(23)26/h3-8,12H,2,9-11H2,1H3,(H,20,25)(H,21,27)(H,22,24). The third-order valence-corrected chi connectivity index (χ3v) is 3.59. The monoisotopic (exact) mass is 371 g/mol. The fourth-order valence-corrected chi connectivity index (χ4v) is 2.14. The van der Waals surface area contributed by atoms with Crippen LogP contribution in [0.4, 0.5) is 5.69 Å². The minimum absolute atomic E-state index is 0.100. The van der Waals surface area contributed by atoms with E-state index < -0.39 is 0 Å². The van der Waals surface area contributed by atoms with Gasteiger partial charge in [0.1, 0.15) is 6.54 Å². The number of nitrogens with zero attached hydrogens (tertiary/aromatic N) is 2. The number of rotatable bonds is 8. The van der Waals surface area contributed by atoms with Crippen molar-refractivity contribution in [3.63, 3.8) is 0 Å². The molecule has 0 aliphatic carbocycles. The lowest BCUT2D eigenvalue weighted by molar-refractivity contribution is -0.121. The van der Waals surface area contributed by atoms with Crippen molar-refractivity contribution in [3.8, 4) is 0 Å². The summed E-state index contributed by atoms with van der Waals surface area (Å²) in [5.41, 5.74) is 0.751. The molecule has 0 unspecified atom stereocenters. The molecule has 0 aliphatic rings. The van der Waals surface area contributed by atoms with Crippen molar-refractivity contribution in [2.24, 2.45) is 0 Å². The van der Waals surface area contributed by atoms with Crippen LogP contribution >= 0.6 is 0 Å². The van der Waals surface area contributed by atoms with E-state index in [4.69, 9.17) is 0 Å². The molecule has 3 amide bonds. The van der Waals surface area contributed by atoms with Crippen LogP contribution in [0.1, 0.15) is 23.7 Å².